The van der Waals surface area contributed by atoms with Gasteiger partial charge >= 0.3 is 0 Å². The Morgan fingerprint density at radius 3 is 2.57 bits per heavy atom. The normalized spacial score (nSPS) is 15.9. The Balaban J connectivity index is 1.79. The summed E-state index contributed by atoms with van der Waals surface area (Å²) in [5, 5.41) is 4.29. The number of carbonyl (C=O) groups is 1. The van der Waals surface area contributed by atoms with Gasteiger partial charge in [0.25, 0.3) is 5.91 Å². The summed E-state index contributed by atoms with van der Waals surface area (Å²) in [7, 11) is 0. The predicted octanol–water partition coefficient (Wildman–Crippen LogP) is 2.13. The van der Waals surface area contributed by atoms with E-state index < -0.39 is 0 Å². The Kier molecular flexibility index (Phi) is 4.43. The van der Waals surface area contributed by atoms with Gasteiger partial charge < -0.3 is 10.6 Å². The van der Waals surface area contributed by atoms with E-state index in [1.54, 1.807) is 23.0 Å². The first-order valence-corrected chi connectivity index (χ1v) is 7.90. The van der Waals surface area contributed by atoms with Crippen LogP contribution in [0.2, 0.25) is 0 Å². The van der Waals surface area contributed by atoms with E-state index in [0.717, 1.165) is 37.3 Å². The third-order valence-corrected chi connectivity index (χ3v) is 4.55. The maximum atomic E-state index is 13.0. The number of likely N-dealkylation sites (tertiary alicyclic amines) is 1. The van der Waals surface area contributed by atoms with Crippen molar-refractivity contribution in [1.29, 1.82) is 0 Å². The molecule has 2 aromatic rings. The van der Waals surface area contributed by atoms with E-state index in [0.29, 0.717) is 18.0 Å². The first-order chi connectivity index (χ1) is 11.1. The zero-order valence-corrected chi connectivity index (χ0v) is 13.2. The molecule has 0 spiro atoms. The number of amides is 1. The van der Waals surface area contributed by atoms with Crippen LogP contribution in [0.5, 0.6) is 0 Å². The number of halogens is 1. The fourth-order valence-corrected chi connectivity index (χ4v) is 3.00. The van der Waals surface area contributed by atoms with Gasteiger partial charge in [0.05, 0.1) is 23.1 Å². The molecule has 23 heavy (non-hydrogen) atoms. The predicted molar refractivity (Wildman–Crippen MR) is 85.9 cm³/mol. The minimum absolute atomic E-state index is 0.00586. The van der Waals surface area contributed by atoms with Gasteiger partial charge in [-0.3, -0.25) is 4.79 Å². The monoisotopic (exact) mass is 316 g/mol. The van der Waals surface area contributed by atoms with Crippen molar-refractivity contribution < 1.29 is 9.18 Å². The minimum atomic E-state index is -0.294. The molecule has 1 saturated heterocycles. The number of benzene rings is 1. The molecule has 3 rings (SSSR count). The van der Waals surface area contributed by atoms with E-state index >= 15 is 0 Å². The molecule has 1 aliphatic rings. The van der Waals surface area contributed by atoms with E-state index in [2.05, 4.69) is 5.10 Å². The quantitative estimate of drug-likeness (QED) is 0.943. The van der Waals surface area contributed by atoms with Crippen molar-refractivity contribution in [1.82, 2.24) is 14.7 Å². The molecule has 0 saturated carbocycles. The van der Waals surface area contributed by atoms with E-state index in [1.165, 1.54) is 12.1 Å². The van der Waals surface area contributed by atoms with Crippen LogP contribution in [0.1, 0.15) is 28.9 Å². The zero-order valence-electron chi connectivity index (χ0n) is 13.2. The Bertz CT molecular complexity index is 687. The van der Waals surface area contributed by atoms with Crippen LogP contribution in [-0.4, -0.2) is 40.2 Å². The summed E-state index contributed by atoms with van der Waals surface area (Å²) in [6.45, 7) is 4.02. The van der Waals surface area contributed by atoms with E-state index in [9.17, 15) is 9.18 Å². The van der Waals surface area contributed by atoms with Crippen LogP contribution < -0.4 is 5.73 Å². The second-order valence-corrected chi connectivity index (χ2v) is 6.00. The van der Waals surface area contributed by atoms with Crippen LogP contribution in [0, 0.1) is 18.7 Å². The highest BCUT2D eigenvalue weighted by atomic mass is 19.1. The van der Waals surface area contributed by atoms with Crippen molar-refractivity contribution >= 4 is 5.91 Å². The van der Waals surface area contributed by atoms with Gasteiger partial charge in [0, 0.05) is 13.1 Å². The molecule has 0 aliphatic carbocycles. The zero-order chi connectivity index (χ0) is 16.4. The number of hydrogen-bond donors (Lipinski definition) is 1. The third kappa shape index (κ3) is 3.12. The van der Waals surface area contributed by atoms with Crippen LogP contribution in [0.3, 0.4) is 0 Å². The number of aromatic nitrogens is 2. The molecule has 2 heterocycles. The van der Waals surface area contributed by atoms with Crippen molar-refractivity contribution in [3.05, 3.63) is 47.5 Å². The first kappa shape index (κ1) is 15.7. The van der Waals surface area contributed by atoms with Gasteiger partial charge in [0.15, 0.2) is 0 Å². The van der Waals surface area contributed by atoms with E-state index in [1.807, 2.05) is 11.8 Å². The molecule has 1 aliphatic heterocycles. The fraction of sp³-hybridized carbons (Fsp3) is 0.412. The summed E-state index contributed by atoms with van der Waals surface area (Å²) in [5.41, 5.74) is 7.80. The summed E-state index contributed by atoms with van der Waals surface area (Å²) in [6, 6.07) is 6.07. The molecule has 1 amide bonds. The van der Waals surface area contributed by atoms with Gasteiger partial charge in [-0.2, -0.15) is 5.10 Å². The molecule has 122 valence electrons. The number of piperidine rings is 1. The average molecular weight is 316 g/mol. The Morgan fingerprint density at radius 2 is 1.96 bits per heavy atom. The molecule has 2 N–H and O–H groups in total. The lowest BCUT2D eigenvalue weighted by molar-refractivity contribution is 0.0692. The smallest absolute Gasteiger partial charge is 0.257 e. The second-order valence-electron chi connectivity index (χ2n) is 6.00. The van der Waals surface area contributed by atoms with Gasteiger partial charge in [-0.25, -0.2) is 9.07 Å². The SMILES string of the molecule is Cc1c(C(=O)N2CCC(CN)CC2)cnn1-c1ccc(F)cc1. The summed E-state index contributed by atoms with van der Waals surface area (Å²) in [6.07, 6.45) is 3.50. The molecular weight excluding hydrogens is 295 g/mol. The molecule has 5 nitrogen and oxygen atoms in total. The van der Waals surface area contributed by atoms with Gasteiger partial charge in [-0.05, 0) is 56.5 Å². The van der Waals surface area contributed by atoms with Crippen LogP contribution in [0.4, 0.5) is 4.39 Å². The van der Waals surface area contributed by atoms with Crippen molar-refractivity contribution in [3.8, 4) is 5.69 Å². The molecule has 1 fully saturated rings. The average Bonchev–Trinajstić information content (AvgIpc) is 2.96. The molecule has 0 unspecified atom stereocenters. The van der Waals surface area contributed by atoms with Gasteiger partial charge in [0.1, 0.15) is 5.82 Å². The highest BCUT2D eigenvalue weighted by molar-refractivity contribution is 5.95. The van der Waals surface area contributed by atoms with Crippen LogP contribution >= 0.6 is 0 Å². The largest absolute Gasteiger partial charge is 0.339 e. The van der Waals surface area contributed by atoms with Crippen LogP contribution in [0.15, 0.2) is 30.5 Å². The topological polar surface area (TPSA) is 64.2 Å². The number of rotatable bonds is 3. The van der Waals surface area contributed by atoms with E-state index in [-0.39, 0.29) is 11.7 Å². The lowest BCUT2D eigenvalue weighted by Crippen LogP contribution is -2.40. The number of nitrogens with zero attached hydrogens (tertiary/aromatic N) is 3. The first-order valence-electron chi connectivity index (χ1n) is 7.90. The lowest BCUT2D eigenvalue weighted by atomic mass is 9.96. The molecule has 1 aromatic heterocycles. The maximum absolute atomic E-state index is 13.0. The maximum Gasteiger partial charge on any atom is 0.257 e. The highest BCUT2D eigenvalue weighted by Gasteiger charge is 2.25. The highest BCUT2D eigenvalue weighted by Crippen LogP contribution is 2.21. The molecule has 0 bridgehead atoms. The molecule has 0 radical (unpaired) electrons. The van der Waals surface area contributed by atoms with Crippen molar-refractivity contribution in [2.45, 2.75) is 19.8 Å². The van der Waals surface area contributed by atoms with Gasteiger partial charge in [0.2, 0.25) is 0 Å². The van der Waals surface area contributed by atoms with E-state index in [4.69, 9.17) is 5.73 Å². The van der Waals surface area contributed by atoms with Crippen molar-refractivity contribution in [2.75, 3.05) is 19.6 Å². The molecule has 1 aromatic carbocycles. The summed E-state index contributed by atoms with van der Waals surface area (Å²) in [5.74, 6) is 0.228. The lowest BCUT2D eigenvalue weighted by Gasteiger charge is -2.31. The van der Waals surface area contributed by atoms with Gasteiger partial charge in [-0.15, -0.1) is 0 Å². The molecular formula is C17H21FN4O. The Hall–Kier alpha value is -2.21. The number of nitrogens with two attached hydrogens (primary N) is 1. The minimum Gasteiger partial charge on any atom is -0.339 e. The third-order valence-electron chi connectivity index (χ3n) is 4.55. The molecule has 0 atom stereocenters. The van der Waals surface area contributed by atoms with Crippen LogP contribution in [0.25, 0.3) is 5.69 Å². The van der Waals surface area contributed by atoms with Crippen LogP contribution in [-0.2, 0) is 0 Å². The molecule has 6 heteroatoms. The second kappa shape index (κ2) is 6.50. The van der Waals surface area contributed by atoms with Gasteiger partial charge in [-0.1, -0.05) is 0 Å². The Morgan fingerprint density at radius 1 is 1.30 bits per heavy atom. The standard InChI is InChI=1S/C17H21FN4O/c1-12-16(17(23)21-8-6-13(10-19)7-9-21)11-20-22(12)15-4-2-14(18)3-5-15/h2-5,11,13H,6-10,19H2,1H3. The van der Waals surface area contributed by atoms with Crippen molar-refractivity contribution in [3.63, 3.8) is 0 Å². The summed E-state index contributed by atoms with van der Waals surface area (Å²) < 4.78 is 14.7. The summed E-state index contributed by atoms with van der Waals surface area (Å²) in [4.78, 5) is 14.6. The number of hydrogen-bond acceptors (Lipinski definition) is 3. The summed E-state index contributed by atoms with van der Waals surface area (Å²) >= 11 is 0. The fourth-order valence-electron chi connectivity index (χ4n) is 3.00. The Labute approximate surface area is 134 Å². The number of carbonyl (C=O) groups excluding carboxylic acids is 1. The van der Waals surface area contributed by atoms with Crippen molar-refractivity contribution in [2.24, 2.45) is 11.7 Å².